The van der Waals surface area contributed by atoms with Crippen molar-refractivity contribution in [3.8, 4) is 11.1 Å². The lowest BCUT2D eigenvalue weighted by atomic mass is 9.91. The fourth-order valence-corrected chi connectivity index (χ4v) is 8.47. The Hall–Kier alpha value is -4.10. The maximum Gasteiger partial charge on any atom is 0.156 e. The summed E-state index contributed by atoms with van der Waals surface area (Å²) < 4.78 is 0. The third kappa shape index (κ3) is 8.88. The maximum atomic E-state index is 4.98. The zero-order valence-corrected chi connectivity index (χ0v) is 35.7. The Balaban J connectivity index is 0.00000266. The molecule has 0 aliphatic carbocycles. The molecule has 2 atom stereocenters. The van der Waals surface area contributed by atoms with Gasteiger partial charge in [0.15, 0.2) is 5.82 Å². The van der Waals surface area contributed by atoms with Crippen LogP contribution in [0, 0.1) is 13.8 Å². The lowest BCUT2D eigenvalue weighted by Crippen LogP contribution is -2.31. The average molecular weight is 788 g/mol. The largest absolute Gasteiger partial charge is 0.338 e. The van der Waals surface area contributed by atoms with Crippen molar-refractivity contribution in [2.24, 2.45) is 0 Å². The molecule has 2 saturated heterocycles. The summed E-state index contributed by atoms with van der Waals surface area (Å²) in [6.45, 7) is 10.7. The Kier molecular flexibility index (Phi) is 13.4. The molecular weight excluding hydrogens is 731 g/mol. The van der Waals surface area contributed by atoms with Gasteiger partial charge in [-0.25, -0.2) is 4.98 Å². The van der Waals surface area contributed by atoms with E-state index in [1.54, 1.807) is 0 Å². The van der Waals surface area contributed by atoms with Crippen LogP contribution in [0.25, 0.3) is 32.9 Å². The van der Waals surface area contributed by atoms with Crippen molar-refractivity contribution in [2.45, 2.75) is 58.3 Å². The zero-order chi connectivity index (χ0) is 37.3. The predicted molar refractivity (Wildman–Crippen MR) is 242 cm³/mol. The minimum Gasteiger partial charge on any atom is -0.338 e. The third-order valence-corrected chi connectivity index (χ3v) is 11.8. The molecule has 0 saturated carbocycles. The van der Waals surface area contributed by atoms with Crippen LogP contribution in [-0.2, 0) is 19.5 Å². The van der Waals surface area contributed by atoms with Gasteiger partial charge in [0.1, 0.15) is 5.52 Å². The zero-order valence-electron chi connectivity index (χ0n) is 33.7. The summed E-state index contributed by atoms with van der Waals surface area (Å²) in [4.78, 5) is 29.3. The average Bonchev–Trinajstić information content (AvgIpc) is 3.84. The third-order valence-electron chi connectivity index (χ3n) is 11.8. The highest BCUT2D eigenvalue weighted by Crippen LogP contribution is 2.35. The van der Waals surface area contributed by atoms with Crippen LogP contribution in [0.4, 0.5) is 11.5 Å². The number of hydrogen-bond donors (Lipinski definition) is 1. The Bertz CT molecular complexity index is 2130. The van der Waals surface area contributed by atoms with Crippen molar-refractivity contribution < 1.29 is 0 Å². The molecule has 2 fully saturated rings. The van der Waals surface area contributed by atoms with Crippen LogP contribution in [0.5, 0.6) is 0 Å². The van der Waals surface area contributed by atoms with Crippen molar-refractivity contribution in [1.29, 1.82) is 0 Å². The van der Waals surface area contributed by atoms with E-state index in [4.69, 9.17) is 19.9 Å². The first kappa shape index (κ1) is 41.5. The molecule has 2 aromatic carbocycles. The Morgan fingerprint density at radius 2 is 1.21 bits per heavy atom. The number of aromatic nitrogens is 4. The van der Waals surface area contributed by atoms with Gasteiger partial charge in [0.05, 0.1) is 11.2 Å². The number of benzene rings is 2. The van der Waals surface area contributed by atoms with Gasteiger partial charge in [-0.1, -0.05) is 30.3 Å². The van der Waals surface area contributed by atoms with Gasteiger partial charge in [-0.15, -0.1) is 0 Å². The van der Waals surface area contributed by atoms with Crippen LogP contribution in [0.2, 0.25) is 0 Å². The number of fused-ring (bicyclic) bond motifs is 2. The van der Waals surface area contributed by atoms with Gasteiger partial charge >= 0.3 is 0 Å². The first-order chi connectivity index (χ1) is 26.2. The second-order valence-electron chi connectivity index (χ2n) is 15.9. The predicted octanol–water partition coefficient (Wildman–Crippen LogP) is 7.69. The molecule has 0 bridgehead atoms. The highest BCUT2D eigenvalue weighted by atomic mass is 32.1. The lowest BCUT2D eigenvalue weighted by Gasteiger charge is -2.20. The van der Waals surface area contributed by atoms with E-state index in [0.29, 0.717) is 12.1 Å². The monoisotopic (exact) mass is 787 g/mol. The molecule has 294 valence electrons. The van der Waals surface area contributed by atoms with E-state index in [9.17, 15) is 0 Å². The molecule has 8 rings (SSSR count). The number of likely N-dealkylation sites (N-methyl/N-ethyl adjacent to an activating group) is 2. The summed E-state index contributed by atoms with van der Waals surface area (Å²) in [5, 5.41) is 5.91. The van der Waals surface area contributed by atoms with Crippen LogP contribution in [0.3, 0.4) is 0 Å². The minimum atomic E-state index is 0. The van der Waals surface area contributed by atoms with Crippen molar-refractivity contribution in [1.82, 2.24) is 39.5 Å². The van der Waals surface area contributed by atoms with E-state index in [0.717, 1.165) is 84.7 Å². The summed E-state index contributed by atoms with van der Waals surface area (Å²) in [6.07, 6.45) is 11.0. The van der Waals surface area contributed by atoms with Crippen LogP contribution in [0.1, 0.15) is 46.4 Å². The molecule has 56 heavy (non-hydrogen) atoms. The fourth-order valence-electron chi connectivity index (χ4n) is 8.47. The second-order valence-corrected chi connectivity index (χ2v) is 15.9. The molecule has 4 aromatic heterocycles. The van der Waals surface area contributed by atoms with Gasteiger partial charge in [0.2, 0.25) is 0 Å². The standard InChI is InChI=1S/C45H53N9.2H2S/c1-30-34(23-42-43-35(13-17-46-42)21-32(24-48-43)26-53-19-15-37(28-53)51(3)4)9-7-10-39(30)40-11-8-12-41(31(40)2)50-45-44-36(14-18-47-45)22-33(25-49-44)27-54-20-16-38(29-54)52(5)6;;/h7-14,17-18,21-22,24-25,37-38H,15-16,19-20,23,26-29H2,1-6H3,(H,47,50);2*1H2/t37-,38-;;/m0../s1. The number of rotatable bonds is 11. The summed E-state index contributed by atoms with van der Waals surface area (Å²) in [7, 11) is 8.72. The lowest BCUT2D eigenvalue weighted by molar-refractivity contribution is 0.264. The van der Waals surface area contributed by atoms with Crippen LogP contribution in [-0.4, -0.2) is 106 Å². The number of pyridine rings is 4. The number of hydrogen-bond acceptors (Lipinski definition) is 9. The summed E-state index contributed by atoms with van der Waals surface area (Å²) in [5.74, 6) is 0.773. The van der Waals surface area contributed by atoms with Crippen LogP contribution >= 0.6 is 27.0 Å². The van der Waals surface area contributed by atoms with Crippen LogP contribution in [0.15, 0.2) is 85.5 Å². The van der Waals surface area contributed by atoms with E-state index < -0.39 is 0 Å². The molecule has 6 heterocycles. The summed E-state index contributed by atoms with van der Waals surface area (Å²) in [6, 6.07) is 23.1. The van der Waals surface area contributed by atoms with E-state index in [1.165, 1.54) is 51.8 Å². The van der Waals surface area contributed by atoms with Gasteiger partial charge in [-0.3, -0.25) is 24.8 Å². The van der Waals surface area contributed by atoms with E-state index in [2.05, 4.69) is 134 Å². The van der Waals surface area contributed by atoms with Crippen molar-refractivity contribution in [3.63, 3.8) is 0 Å². The second kappa shape index (κ2) is 18.0. The Morgan fingerprint density at radius 1 is 0.661 bits per heavy atom. The molecule has 2 aliphatic rings. The summed E-state index contributed by atoms with van der Waals surface area (Å²) in [5.41, 5.74) is 12.5. The van der Waals surface area contributed by atoms with Crippen molar-refractivity contribution >= 4 is 60.3 Å². The van der Waals surface area contributed by atoms with Gasteiger partial charge in [0.25, 0.3) is 0 Å². The normalized spacial score (nSPS) is 17.5. The van der Waals surface area contributed by atoms with E-state index in [-0.39, 0.29) is 27.0 Å². The molecule has 6 aromatic rings. The van der Waals surface area contributed by atoms with Crippen molar-refractivity contribution in [3.05, 3.63) is 119 Å². The Morgan fingerprint density at radius 3 is 1.82 bits per heavy atom. The quantitative estimate of drug-likeness (QED) is 0.142. The minimum absolute atomic E-state index is 0. The molecular formula is C45H57N9S2. The molecule has 1 N–H and O–H groups in total. The highest BCUT2D eigenvalue weighted by molar-refractivity contribution is 7.59. The molecule has 0 unspecified atom stereocenters. The fraction of sp³-hybridized carbons (Fsp3) is 0.378. The van der Waals surface area contributed by atoms with Gasteiger partial charge in [-0.2, -0.15) is 27.0 Å². The highest BCUT2D eigenvalue weighted by Gasteiger charge is 2.25. The molecule has 2 aliphatic heterocycles. The number of nitrogens with zero attached hydrogens (tertiary/aromatic N) is 8. The van der Waals surface area contributed by atoms with Crippen LogP contribution < -0.4 is 5.32 Å². The number of nitrogens with one attached hydrogen (secondary N) is 1. The smallest absolute Gasteiger partial charge is 0.156 e. The van der Waals surface area contributed by atoms with Gasteiger partial charge in [0, 0.05) is 99.0 Å². The summed E-state index contributed by atoms with van der Waals surface area (Å²) >= 11 is 0. The molecule has 0 spiro atoms. The molecule has 0 radical (unpaired) electrons. The SMILES string of the molecule is Cc1c(Cc2nccc3cc(CN4CC[C@H](N(C)C)C4)cnc23)cccc1-c1cccc(Nc2nccc3cc(CN4CC[C@H](N(C)C)C4)cnc23)c1C.S.S. The van der Waals surface area contributed by atoms with Gasteiger partial charge in [-0.05, 0) is 124 Å². The van der Waals surface area contributed by atoms with Gasteiger partial charge < -0.3 is 15.1 Å². The maximum absolute atomic E-state index is 4.98. The first-order valence-corrected chi connectivity index (χ1v) is 19.4. The van der Waals surface area contributed by atoms with E-state index in [1.807, 2.05) is 18.6 Å². The molecule has 9 nitrogen and oxygen atoms in total. The molecule has 0 amide bonds. The number of anilines is 2. The van der Waals surface area contributed by atoms with Crippen molar-refractivity contribution in [2.75, 3.05) is 59.7 Å². The Labute approximate surface area is 346 Å². The molecule has 11 heteroatoms. The van der Waals surface area contributed by atoms with E-state index >= 15 is 0 Å². The first-order valence-electron chi connectivity index (χ1n) is 19.4. The number of likely N-dealkylation sites (tertiary alicyclic amines) is 2. The topological polar surface area (TPSA) is 76.6 Å².